The van der Waals surface area contributed by atoms with Crippen molar-refractivity contribution in [3.63, 3.8) is 0 Å². The van der Waals surface area contributed by atoms with Crippen LogP contribution in [0.4, 0.5) is 5.82 Å². The Morgan fingerprint density at radius 2 is 2.11 bits per heavy atom. The number of aromatic carboxylic acids is 1. The largest absolute Gasteiger partial charge is 0.477 e. The molecule has 0 spiro atoms. The lowest BCUT2D eigenvalue weighted by atomic mass is 9.97. The number of anilines is 1. The maximum absolute atomic E-state index is 10.8. The Labute approximate surface area is 107 Å². The highest BCUT2D eigenvalue weighted by Crippen LogP contribution is 2.20. The molecule has 0 amide bonds. The normalized spacial score (nSPS) is 11.3. The van der Waals surface area contributed by atoms with E-state index in [1.807, 2.05) is 0 Å². The molecule has 1 rings (SSSR count). The monoisotopic (exact) mass is 252 g/mol. The summed E-state index contributed by atoms with van der Waals surface area (Å²) in [5.41, 5.74) is -0.197. The van der Waals surface area contributed by atoms with E-state index in [1.165, 1.54) is 6.07 Å². The van der Waals surface area contributed by atoms with Crippen LogP contribution in [0.5, 0.6) is 0 Å². The molecular formula is C13H20N2O3. The fourth-order valence-corrected chi connectivity index (χ4v) is 1.76. The highest BCUT2D eigenvalue weighted by molar-refractivity contribution is 5.85. The van der Waals surface area contributed by atoms with E-state index in [0.29, 0.717) is 12.4 Å². The van der Waals surface area contributed by atoms with Crippen LogP contribution in [0.1, 0.15) is 37.2 Å². The second kappa shape index (κ2) is 6.35. The van der Waals surface area contributed by atoms with Gasteiger partial charge in [-0.05, 0) is 25.0 Å². The van der Waals surface area contributed by atoms with E-state index in [2.05, 4.69) is 24.1 Å². The molecule has 5 nitrogen and oxygen atoms in total. The Balaban J connectivity index is 2.73. The molecule has 1 heterocycles. The van der Waals surface area contributed by atoms with Crippen LogP contribution < -0.4 is 5.32 Å². The molecule has 0 aromatic carbocycles. The van der Waals surface area contributed by atoms with Gasteiger partial charge in [0.05, 0.1) is 5.60 Å². The van der Waals surface area contributed by atoms with Crippen molar-refractivity contribution >= 4 is 11.8 Å². The number of rotatable bonds is 7. The summed E-state index contributed by atoms with van der Waals surface area (Å²) >= 11 is 0. The maximum atomic E-state index is 10.8. The Morgan fingerprint density at radius 3 is 2.61 bits per heavy atom. The van der Waals surface area contributed by atoms with Gasteiger partial charge in [0.15, 0.2) is 5.69 Å². The summed E-state index contributed by atoms with van der Waals surface area (Å²) in [5, 5.41) is 12.0. The van der Waals surface area contributed by atoms with Crippen molar-refractivity contribution in [1.29, 1.82) is 0 Å². The lowest BCUT2D eigenvalue weighted by molar-refractivity contribution is -0.00532. The third kappa shape index (κ3) is 3.43. The van der Waals surface area contributed by atoms with Crippen LogP contribution in [0.25, 0.3) is 0 Å². The summed E-state index contributed by atoms with van der Waals surface area (Å²) in [6, 6.07) is 4.89. The van der Waals surface area contributed by atoms with Gasteiger partial charge in [0.1, 0.15) is 5.82 Å². The molecule has 0 aliphatic rings. The van der Waals surface area contributed by atoms with Gasteiger partial charge in [-0.25, -0.2) is 9.78 Å². The van der Waals surface area contributed by atoms with Crippen molar-refractivity contribution in [3.8, 4) is 0 Å². The van der Waals surface area contributed by atoms with E-state index in [1.54, 1.807) is 19.2 Å². The zero-order valence-electron chi connectivity index (χ0n) is 11.1. The Morgan fingerprint density at radius 1 is 1.44 bits per heavy atom. The topological polar surface area (TPSA) is 71.5 Å². The number of pyridine rings is 1. The molecule has 0 atom stereocenters. The third-order valence-corrected chi connectivity index (χ3v) is 3.28. The first-order valence-corrected chi connectivity index (χ1v) is 6.06. The first-order chi connectivity index (χ1) is 8.56. The van der Waals surface area contributed by atoms with Crippen LogP contribution in [0.2, 0.25) is 0 Å². The molecule has 1 aromatic rings. The minimum atomic E-state index is -1.03. The van der Waals surface area contributed by atoms with Crippen molar-refractivity contribution in [2.24, 2.45) is 0 Å². The Kier molecular flexibility index (Phi) is 5.09. The fourth-order valence-electron chi connectivity index (χ4n) is 1.76. The lowest BCUT2D eigenvalue weighted by Crippen LogP contribution is -2.38. The molecule has 0 saturated carbocycles. The molecule has 100 valence electrons. The minimum Gasteiger partial charge on any atom is -0.477 e. The summed E-state index contributed by atoms with van der Waals surface area (Å²) < 4.78 is 5.53. The van der Waals surface area contributed by atoms with Crippen molar-refractivity contribution in [2.75, 3.05) is 19.0 Å². The lowest BCUT2D eigenvalue weighted by Gasteiger charge is -2.30. The van der Waals surface area contributed by atoms with E-state index >= 15 is 0 Å². The molecule has 0 bridgehead atoms. The van der Waals surface area contributed by atoms with Gasteiger partial charge in [0, 0.05) is 13.7 Å². The van der Waals surface area contributed by atoms with Gasteiger partial charge in [-0.15, -0.1) is 0 Å². The molecule has 5 heteroatoms. The Bertz CT molecular complexity index is 395. The van der Waals surface area contributed by atoms with Gasteiger partial charge in [-0.1, -0.05) is 19.9 Å². The molecule has 0 aliphatic heterocycles. The highest BCUT2D eigenvalue weighted by Gasteiger charge is 2.25. The zero-order valence-corrected chi connectivity index (χ0v) is 11.1. The average molecular weight is 252 g/mol. The van der Waals surface area contributed by atoms with Crippen molar-refractivity contribution in [1.82, 2.24) is 4.98 Å². The van der Waals surface area contributed by atoms with Crippen molar-refractivity contribution < 1.29 is 14.6 Å². The van der Waals surface area contributed by atoms with Crippen LogP contribution in [0, 0.1) is 0 Å². The molecular weight excluding hydrogens is 232 g/mol. The number of ether oxygens (including phenoxy) is 1. The van der Waals surface area contributed by atoms with Gasteiger partial charge >= 0.3 is 5.97 Å². The number of carbonyl (C=O) groups is 1. The maximum Gasteiger partial charge on any atom is 0.354 e. The number of carboxylic acids is 1. The van der Waals surface area contributed by atoms with Crippen LogP contribution >= 0.6 is 0 Å². The predicted octanol–water partition coefficient (Wildman–Crippen LogP) is 2.40. The number of carboxylic acid groups (broad SMARTS) is 1. The number of methoxy groups -OCH3 is 1. The smallest absolute Gasteiger partial charge is 0.354 e. The SMILES string of the molecule is CCC(CC)(CNc1cccc(C(=O)O)n1)OC. The fraction of sp³-hybridized carbons (Fsp3) is 0.538. The van der Waals surface area contributed by atoms with Gasteiger partial charge < -0.3 is 15.2 Å². The van der Waals surface area contributed by atoms with Crippen LogP contribution in [0.3, 0.4) is 0 Å². The summed E-state index contributed by atoms with van der Waals surface area (Å²) in [6.07, 6.45) is 1.76. The van der Waals surface area contributed by atoms with Gasteiger partial charge in [0.2, 0.25) is 0 Å². The summed E-state index contributed by atoms with van der Waals surface area (Å²) in [4.78, 5) is 14.8. The molecule has 2 N–H and O–H groups in total. The van der Waals surface area contributed by atoms with Gasteiger partial charge in [0.25, 0.3) is 0 Å². The van der Waals surface area contributed by atoms with E-state index in [4.69, 9.17) is 9.84 Å². The number of hydrogen-bond donors (Lipinski definition) is 2. The second-order valence-corrected chi connectivity index (χ2v) is 4.16. The van der Waals surface area contributed by atoms with Gasteiger partial charge in [-0.2, -0.15) is 0 Å². The number of aromatic nitrogens is 1. The molecule has 0 aliphatic carbocycles. The van der Waals surface area contributed by atoms with Crippen molar-refractivity contribution in [2.45, 2.75) is 32.3 Å². The highest BCUT2D eigenvalue weighted by atomic mass is 16.5. The Hall–Kier alpha value is -1.62. The van der Waals surface area contributed by atoms with E-state index in [9.17, 15) is 4.79 Å². The van der Waals surface area contributed by atoms with Crippen molar-refractivity contribution in [3.05, 3.63) is 23.9 Å². The summed E-state index contributed by atoms with van der Waals surface area (Å²) in [6.45, 7) is 4.73. The van der Waals surface area contributed by atoms with E-state index < -0.39 is 5.97 Å². The number of hydrogen-bond acceptors (Lipinski definition) is 4. The van der Waals surface area contributed by atoms with E-state index in [0.717, 1.165) is 12.8 Å². The number of nitrogens with one attached hydrogen (secondary N) is 1. The summed E-state index contributed by atoms with van der Waals surface area (Å²) in [7, 11) is 1.69. The van der Waals surface area contributed by atoms with Crippen LogP contribution in [-0.4, -0.2) is 35.3 Å². The summed E-state index contributed by atoms with van der Waals surface area (Å²) in [5.74, 6) is -0.471. The van der Waals surface area contributed by atoms with Gasteiger partial charge in [-0.3, -0.25) is 0 Å². The number of nitrogens with zero attached hydrogens (tertiary/aromatic N) is 1. The molecule has 0 saturated heterocycles. The first kappa shape index (κ1) is 14.4. The molecule has 0 fully saturated rings. The molecule has 18 heavy (non-hydrogen) atoms. The van der Waals surface area contributed by atoms with E-state index in [-0.39, 0.29) is 11.3 Å². The molecule has 1 aromatic heterocycles. The molecule has 0 radical (unpaired) electrons. The second-order valence-electron chi connectivity index (χ2n) is 4.16. The van der Waals surface area contributed by atoms with Crippen LogP contribution in [0.15, 0.2) is 18.2 Å². The minimum absolute atomic E-state index is 0.0380. The first-order valence-electron chi connectivity index (χ1n) is 6.06. The zero-order chi connectivity index (χ0) is 13.6. The standard InChI is InChI=1S/C13H20N2O3/c1-4-13(5-2,18-3)9-14-11-8-6-7-10(15-11)12(16)17/h6-8H,4-5,9H2,1-3H3,(H,14,15)(H,16,17). The third-order valence-electron chi connectivity index (χ3n) is 3.28. The predicted molar refractivity (Wildman–Crippen MR) is 70.0 cm³/mol. The molecule has 0 unspecified atom stereocenters. The quantitative estimate of drug-likeness (QED) is 0.779. The average Bonchev–Trinajstić information content (AvgIpc) is 2.41. The van der Waals surface area contributed by atoms with Crippen LogP contribution in [-0.2, 0) is 4.74 Å².